The van der Waals surface area contributed by atoms with Crippen molar-refractivity contribution in [3.8, 4) is 11.5 Å². The number of aliphatic hydroxyl groups excluding tert-OH is 1. The molecule has 1 aromatic carbocycles. The van der Waals surface area contributed by atoms with E-state index in [0.29, 0.717) is 18.4 Å². The predicted molar refractivity (Wildman–Crippen MR) is 155 cm³/mol. The Labute approximate surface area is 246 Å². The number of carbonyl (C=O) groups is 2. The summed E-state index contributed by atoms with van der Waals surface area (Å²) in [6.07, 6.45) is 6.87. The molecule has 6 rings (SSSR count). The van der Waals surface area contributed by atoms with Gasteiger partial charge in [-0.15, -0.1) is 5.10 Å². The van der Waals surface area contributed by atoms with Crippen molar-refractivity contribution in [3.63, 3.8) is 0 Å². The molecule has 3 fully saturated rings. The summed E-state index contributed by atoms with van der Waals surface area (Å²) in [5.74, 6) is 0.637. The normalized spacial score (nSPS) is 22.8. The standard InChI is InChI=1S/C31H41N7O4/c1-31(2,3)27(38-18-25(34-35-38)20-9-10-20)30(41)37-17-24(39)15-26(37)28(40)32-22-11-13-36(14-12-22)16-23-19-42-29(33-23)21-7-5-4-6-8-21/h4-8,18-20,22,24,26-27,39H,9-17H2,1-3H3,(H,32,40)/t24?,26?,27-/m1/s1. The van der Waals surface area contributed by atoms with Gasteiger partial charge in [0.15, 0.2) is 0 Å². The molecule has 1 saturated carbocycles. The zero-order chi connectivity index (χ0) is 29.4. The number of nitrogens with zero attached hydrogens (tertiary/aromatic N) is 6. The molecule has 3 aromatic rings. The second kappa shape index (κ2) is 11.6. The van der Waals surface area contributed by atoms with Crippen molar-refractivity contribution in [3.05, 3.63) is 54.2 Å². The molecule has 0 radical (unpaired) electrons. The van der Waals surface area contributed by atoms with Crippen LogP contribution in [-0.4, -0.2) is 84.5 Å². The number of aromatic nitrogens is 4. The zero-order valence-corrected chi connectivity index (χ0v) is 24.6. The quantitative estimate of drug-likeness (QED) is 0.419. The first-order valence-corrected chi connectivity index (χ1v) is 15.1. The van der Waals surface area contributed by atoms with Crippen LogP contribution in [-0.2, 0) is 16.1 Å². The van der Waals surface area contributed by atoms with E-state index in [1.807, 2.05) is 57.3 Å². The third-order valence-corrected chi connectivity index (χ3v) is 8.60. The Morgan fingerprint density at radius 1 is 1.12 bits per heavy atom. The first-order valence-electron chi connectivity index (χ1n) is 15.1. The number of rotatable bonds is 8. The molecule has 2 aromatic heterocycles. The van der Waals surface area contributed by atoms with Crippen LogP contribution in [0.4, 0.5) is 0 Å². The van der Waals surface area contributed by atoms with Crippen LogP contribution < -0.4 is 5.32 Å². The van der Waals surface area contributed by atoms with E-state index >= 15 is 0 Å². The van der Waals surface area contributed by atoms with Crippen molar-refractivity contribution < 1.29 is 19.1 Å². The van der Waals surface area contributed by atoms with Gasteiger partial charge in [0.1, 0.15) is 18.3 Å². The lowest BCUT2D eigenvalue weighted by Crippen LogP contribution is -2.53. The predicted octanol–water partition coefficient (Wildman–Crippen LogP) is 3.14. The SMILES string of the molecule is CC(C)(C)[C@@H](C(=O)N1CC(O)CC1C(=O)NC1CCN(Cc2coc(-c3ccccc3)n2)CC1)n1cc(C2CC2)nn1. The molecular weight excluding hydrogens is 534 g/mol. The Balaban J connectivity index is 1.05. The summed E-state index contributed by atoms with van der Waals surface area (Å²) >= 11 is 0. The maximum atomic E-state index is 14.0. The molecule has 2 N–H and O–H groups in total. The second-order valence-corrected chi connectivity index (χ2v) is 13.1. The Morgan fingerprint density at radius 2 is 1.86 bits per heavy atom. The summed E-state index contributed by atoms with van der Waals surface area (Å²) in [5.41, 5.74) is 2.29. The van der Waals surface area contributed by atoms with Crippen LogP contribution in [0.25, 0.3) is 11.5 Å². The van der Waals surface area contributed by atoms with Crippen LogP contribution in [0.1, 0.15) is 76.2 Å². The number of likely N-dealkylation sites (tertiary alicyclic amines) is 2. The highest BCUT2D eigenvalue weighted by Gasteiger charge is 2.46. The summed E-state index contributed by atoms with van der Waals surface area (Å²) in [7, 11) is 0. The highest BCUT2D eigenvalue weighted by atomic mass is 16.3. The van der Waals surface area contributed by atoms with E-state index in [1.165, 1.54) is 0 Å². The van der Waals surface area contributed by atoms with Crippen LogP contribution in [0.15, 0.2) is 47.2 Å². The molecule has 0 spiro atoms. The average molecular weight is 576 g/mol. The van der Waals surface area contributed by atoms with Crippen molar-refractivity contribution in [2.24, 2.45) is 5.41 Å². The van der Waals surface area contributed by atoms with Gasteiger partial charge in [-0.3, -0.25) is 14.5 Å². The number of aliphatic hydroxyl groups is 1. The monoisotopic (exact) mass is 575 g/mol. The van der Waals surface area contributed by atoms with E-state index in [4.69, 9.17) is 4.42 Å². The van der Waals surface area contributed by atoms with Crippen molar-refractivity contribution in [1.29, 1.82) is 0 Å². The molecule has 3 atom stereocenters. The van der Waals surface area contributed by atoms with E-state index in [1.54, 1.807) is 15.8 Å². The molecule has 1 aliphatic carbocycles. The number of nitrogens with one attached hydrogen (secondary N) is 1. The summed E-state index contributed by atoms with van der Waals surface area (Å²) in [6, 6.07) is 8.51. The van der Waals surface area contributed by atoms with E-state index in [9.17, 15) is 14.7 Å². The number of piperidine rings is 1. The molecule has 11 nitrogen and oxygen atoms in total. The minimum absolute atomic E-state index is 0.00969. The molecular formula is C31H41N7O4. The van der Waals surface area contributed by atoms with Gasteiger partial charge in [0, 0.05) is 56.3 Å². The number of oxazole rings is 1. The molecule has 3 aliphatic rings. The zero-order valence-electron chi connectivity index (χ0n) is 24.6. The summed E-state index contributed by atoms with van der Waals surface area (Å²) in [6.45, 7) is 8.43. The van der Waals surface area contributed by atoms with Gasteiger partial charge in [-0.25, -0.2) is 9.67 Å². The lowest BCUT2D eigenvalue weighted by Gasteiger charge is -2.36. The molecule has 2 amide bonds. The van der Waals surface area contributed by atoms with Crippen molar-refractivity contribution >= 4 is 11.8 Å². The molecule has 42 heavy (non-hydrogen) atoms. The summed E-state index contributed by atoms with van der Waals surface area (Å²) < 4.78 is 7.34. The minimum atomic E-state index is -0.742. The van der Waals surface area contributed by atoms with Crippen molar-refractivity contribution in [1.82, 2.24) is 35.1 Å². The number of hydrogen-bond acceptors (Lipinski definition) is 8. The Bertz CT molecular complexity index is 1390. The first kappa shape index (κ1) is 28.5. The number of amides is 2. The van der Waals surface area contributed by atoms with Gasteiger partial charge < -0.3 is 19.7 Å². The molecule has 2 saturated heterocycles. The third kappa shape index (κ3) is 6.27. The van der Waals surface area contributed by atoms with Gasteiger partial charge in [-0.1, -0.05) is 44.2 Å². The first-order chi connectivity index (χ1) is 20.2. The highest BCUT2D eigenvalue weighted by molar-refractivity contribution is 5.90. The fourth-order valence-corrected chi connectivity index (χ4v) is 6.18. The van der Waals surface area contributed by atoms with Gasteiger partial charge in [0.2, 0.25) is 17.7 Å². The van der Waals surface area contributed by atoms with E-state index in [-0.39, 0.29) is 30.8 Å². The van der Waals surface area contributed by atoms with Crippen molar-refractivity contribution in [2.75, 3.05) is 19.6 Å². The maximum absolute atomic E-state index is 14.0. The van der Waals surface area contributed by atoms with E-state index < -0.39 is 23.6 Å². The molecule has 2 aliphatic heterocycles. The molecule has 2 unspecified atom stereocenters. The molecule has 0 bridgehead atoms. The number of β-amino-alcohol motifs (C(OH)–C–C–N with tert-alkyl or cyclic N) is 1. The van der Waals surface area contributed by atoms with Crippen molar-refractivity contribution in [2.45, 2.75) is 89.6 Å². The van der Waals surface area contributed by atoms with Crippen LogP contribution in [0.5, 0.6) is 0 Å². The lowest BCUT2D eigenvalue weighted by molar-refractivity contribution is -0.144. The minimum Gasteiger partial charge on any atom is -0.444 e. The van der Waals surface area contributed by atoms with Gasteiger partial charge in [0.25, 0.3) is 0 Å². The number of benzene rings is 1. The fourth-order valence-electron chi connectivity index (χ4n) is 6.18. The highest BCUT2D eigenvalue weighted by Crippen LogP contribution is 2.40. The van der Waals surface area contributed by atoms with Crippen LogP contribution in [0.2, 0.25) is 0 Å². The fraction of sp³-hybridized carbons (Fsp3) is 0.581. The Kier molecular flexibility index (Phi) is 7.89. The topological polar surface area (TPSA) is 130 Å². The van der Waals surface area contributed by atoms with Gasteiger partial charge >= 0.3 is 0 Å². The lowest BCUT2D eigenvalue weighted by atomic mass is 9.85. The van der Waals surface area contributed by atoms with Crippen LogP contribution >= 0.6 is 0 Å². The number of hydrogen-bond donors (Lipinski definition) is 2. The largest absolute Gasteiger partial charge is 0.444 e. The molecule has 224 valence electrons. The smallest absolute Gasteiger partial charge is 0.248 e. The van der Waals surface area contributed by atoms with Crippen LogP contribution in [0.3, 0.4) is 0 Å². The summed E-state index contributed by atoms with van der Waals surface area (Å²) in [5, 5.41) is 22.3. The Hall–Kier alpha value is -3.57. The summed E-state index contributed by atoms with van der Waals surface area (Å²) in [4.78, 5) is 36.0. The van der Waals surface area contributed by atoms with E-state index in [0.717, 1.165) is 55.7 Å². The maximum Gasteiger partial charge on any atom is 0.248 e. The average Bonchev–Trinajstić information content (AvgIpc) is 3.32. The van der Waals surface area contributed by atoms with Crippen LogP contribution in [0, 0.1) is 5.41 Å². The van der Waals surface area contributed by atoms with E-state index in [2.05, 4.69) is 25.5 Å². The molecule has 11 heteroatoms. The van der Waals surface area contributed by atoms with Gasteiger partial charge in [-0.05, 0) is 43.2 Å². The third-order valence-electron chi connectivity index (χ3n) is 8.60. The van der Waals surface area contributed by atoms with Gasteiger partial charge in [-0.2, -0.15) is 0 Å². The second-order valence-electron chi connectivity index (χ2n) is 13.1. The number of carbonyl (C=O) groups excluding carboxylic acids is 2. The van der Waals surface area contributed by atoms with Gasteiger partial charge in [0.05, 0.1) is 17.5 Å². The Morgan fingerprint density at radius 3 is 2.55 bits per heavy atom. The molecule has 4 heterocycles.